The summed E-state index contributed by atoms with van der Waals surface area (Å²) in [4.78, 5) is 19.0. The van der Waals surface area contributed by atoms with Crippen molar-refractivity contribution in [1.82, 2.24) is 19.8 Å². The first-order chi connectivity index (χ1) is 12.0. The molecule has 4 heterocycles. The minimum atomic E-state index is -0.880. The van der Waals surface area contributed by atoms with E-state index in [1.807, 2.05) is 17.8 Å². The van der Waals surface area contributed by atoms with Gasteiger partial charge in [0.2, 0.25) is 5.91 Å². The molecule has 0 aliphatic carbocycles. The second-order valence-electron chi connectivity index (χ2n) is 7.80. The monoisotopic (exact) mass is 348 g/mol. The zero-order chi connectivity index (χ0) is 17.4. The number of ether oxygens (including phenoxy) is 1. The van der Waals surface area contributed by atoms with E-state index in [9.17, 15) is 9.90 Å². The van der Waals surface area contributed by atoms with Crippen LogP contribution in [0.1, 0.15) is 44.3 Å². The van der Waals surface area contributed by atoms with E-state index < -0.39 is 5.60 Å². The van der Waals surface area contributed by atoms with Crippen molar-refractivity contribution in [3.8, 4) is 0 Å². The molecule has 0 saturated carbocycles. The Morgan fingerprint density at radius 2 is 2.16 bits per heavy atom. The topological polar surface area (TPSA) is 79.6 Å². The van der Waals surface area contributed by atoms with Gasteiger partial charge in [0.05, 0.1) is 12.6 Å². The number of hydrogen-bond acceptors (Lipinski definition) is 5. The highest BCUT2D eigenvalue weighted by molar-refractivity contribution is 5.78. The van der Waals surface area contributed by atoms with Crippen molar-refractivity contribution in [2.75, 3.05) is 19.7 Å². The molecule has 4 rings (SSSR count). The summed E-state index contributed by atoms with van der Waals surface area (Å²) in [5.41, 5.74) is -0.880. The van der Waals surface area contributed by atoms with Gasteiger partial charge in [-0.25, -0.2) is 4.98 Å². The molecule has 2 N–H and O–H groups in total. The maximum atomic E-state index is 12.3. The number of fused-ring (bicyclic) bond motifs is 2. The highest BCUT2D eigenvalue weighted by atomic mass is 16.5. The van der Waals surface area contributed by atoms with Crippen LogP contribution < -0.4 is 5.32 Å². The van der Waals surface area contributed by atoms with Gasteiger partial charge in [0, 0.05) is 44.7 Å². The standard InChI is InChI=1S/C18H28N4O3/c1-21-7-6-19-17(21)18(24)9-13-4-5-14(10-18)22(13)12-16(23)20-11-15-3-2-8-25-15/h6-7,13-15,24H,2-5,8-12H2,1H3,(H,20,23)/t13-,14+,15-,18?/m1/s1. The van der Waals surface area contributed by atoms with E-state index >= 15 is 0 Å². The molecule has 1 aromatic heterocycles. The van der Waals surface area contributed by atoms with Crippen molar-refractivity contribution in [2.24, 2.45) is 7.05 Å². The molecule has 0 spiro atoms. The average Bonchev–Trinajstić information content (AvgIpc) is 3.28. The number of carbonyl (C=O) groups excluding carboxylic acids is 1. The van der Waals surface area contributed by atoms with E-state index in [-0.39, 0.29) is 24.1 Å². The fourth-order valence-electron chi connectivity index (χ4n) is 4.83. The van der Waals surface area contributed by atoms with Gasteiger partial charge in [-0.15, -0.1) is 0 Å². The van der Waals surface area contributed by atoms with Crippen LogP contribution in [-0.2, 0) is 22.2 Å². The summed E-state index contributed by atoms with van der Waals surface area (Å²) in [7, 11) is 1.92. The molecule has 3 saturated heterocycles. The minimum Gasteiger partial charge on any atom is -0.382 e. The Morgan fingerprint density at radius 3 is 2.76 bits per heavy atom. The predicted octanol–water partition coefficient (Wildman–Crippen LogP) is 0.530. The van der Waals surface area contributed by atoms with Gasteiger partial charge in [-0.05, 0) is 38.5 Å². The molecule has 3 aliphatic rings. The van der Waals surface area contributed by atoms with Crippen molar-refractivity contribution in [3.05, 3.63) is 18.2 Å². The number of imidazole rings is 1. The quantitative estimate of drug-likeness (QED) is 0.811. The van der Waals surface area contributed by atoms with E-state index in [2.05, 4.69) is 15.2 Å². The SMILES string of the molecule is Cn1ccnc1C1(O)C[C@H]2CC[C@@H](C1)N2CC(=O)NC[C@H]1CCCO1. The molecule has 3 fully saturated rings. The van der Waals surface area contributed by atoms with E-state index in [1.54, 1.807) is 6.20 Å². The lowest BCUT2D eigenvalue weighted by atomic mass is 9.85. The highest BCUT2D eigenvalue weighted by Gasteiger charge is 2.50. The lowest BCUT2D eigenvalue weighted by Crippen LogP contribution is -2.53. The van der Waals surface area contributed by atoms with E-state index in [0.29, 0.717) is 25.9 Å². The van der Waals surface area contributed by atoms with Gasteiger partial charge in [-0.1, -0.05) is 0 Å². The van der Waals surface area contributed by atoms with Crippen LogP contribution in [0.2, 0.25) is 0 Å². The van der Waals surface area contributed by atoms with Crippen molar-refractivity contribution < 1.29 is 14.6 Å². The van der Waals surface area contributed by atoms with Gasteiger partial charge in [-0.3, -0.25) is 9.69 Å². The molecular formula is C18H28N4O3. The summed E-state index contributed by atoms with van der Waals surface area (Å²) in [6, 6.07) is 0.489. The third kappa shape index (κ3) is 3.32. The van der Waals surface area contributed by atoms with Crippen LogP contribution >= 0.6 is 0 Å². The summed E-state index contributed by atoms with van der Waals surface area (Å²) in [6.45, 7) is 1.83. The van der Waals surface area contributed by atoms with E-state index in [0.717, 1.165) is 38.1 Å². The first-order valence-electron chi connectivity index (χ1n) is 9.39. The number of aryl methyl sites for hydroxylation is 1. The minimum absolute atomic E-state index is 0.0647. The first kappa shape index (κ1) is 17.0. The molecule has 7 nitrogen and oxygen atoms in total. The Bertz CT molecular complexity index is 612. The fraction of sp³-hybridized carbons (Fsp3) is 0.778. The Balaban J connectivity index is 1.36. The number of hydrogen-bond donors (Lipinski definition) is 2. The lowest BCUT2D eigenvalue weighted by molar-refractivity contribution is -0.126. The number of nitrogens with one attached hydrogen (secondary N) is 1. The second-order valence-corrected chi connectivity index (χ2v) is 7.80. The Morgan fingerprint density at radius 1 is 1.40 bits per heavy atom. The molecule has 0 aromatic carbocycles. The third-order valence-corrected chi connectivity index (χ3v) is 6.03. The van der Waals surface area contributed by atoms with E-state index in [1.165, 1.54) is 0 Å². The van der Waals surface area contributed by atoms with Crippen molar-refractivity contribution in [2.45, 2.75) is 62.3 Å². The molecule has 7 heteroatoms. The molecule has 2 bridgehead atoms. The molecule has 138 valence electrons. The summed E-state index contributed by atoms with van der Waals surface area (Å²) in [6.07, 6.45) is 9.28. The van der Waals surface area contributed by atoms with Crippen LogP contribution in [0.3, 0.4) is 0 Å². The molecule has 0 radical (unpaired) electrons. The van der Waals surface area contributed by atoms with Crippen LogP contribution in [-0.4, -0.2) is 63.3 Å². The van der Waals surface area contributed by atoms with Crippen molar-refractivity contribution in [3.63, 3.8) is 0 Å². The zero-order valence-electron chi connectivity index (χ0n) is 14.9. The van der Waals surface area contributed by atoms with Crippen LogP contribution in [0.4, 0.5) is 0 Å². The smallest absolute Gasteiger partial charge is 0.234 e. The second kappa shape index (κ2) is 6.70. The first-order valence-corrected chi connectivity index (χ1v) is 9.39. The summed E-state index contributed by atoms with van der Waals surface area (Å²) in [5, 5.41) is 14.2. The Hall–Kier alpha value is -1.44. The van der Waals surface area contributed by atoms with Gasteiger partial charge in [0.25, 0.3) is 0 Å². The number of piperidine rings is 1. The van der Waals surface area contributed by atoms with Crippen LogP contribution in [0.5, 0.6) is 0 Å². The number of amides is 1. The largest absolute Gasteiger partial charge is 0.382 e. The molecular weight excluding hydrogens is 320 g/mol. The van der Waals surface area contributed by atoms with Crippen LogP contribution in [0.15, 0.2) is 12.4 Å². The Labute approximate surface area is 148 Å². The number of rotatable bonds is 5. The maximum Gasteiger partial charge on any atom is 0.234 e. The number of aliphatic hydroxyl groups is 1. The molecule has 25 heavy (non-hydrogen) atoms. The van der Waals surface area contributed by atoms with Gasteiger partial charge in [0.1, 0.15) is 11.4 Å². The van der Waals surface area contributed by atoms with Gasteiger partial charge in [0.15, 0.2) is 0 Å². The highest BCUT2D eigenvalue weighted by Crippen LogP contribution is 2.44. The Kier molecular flexibility index (Phi) is 4.56. The van der Waals surface area contributed by atoms with Gasteiger partial charge >= 0.3 is 0 Å². The summed E-state index contributed by atoms with van der Waals surface area (Å²) in [5.74, 6) is 0.807. The maximum absolute atomic E-state index is 12.3. The zero-order valence-corrected chi connectivity index (χ0v) is 14.9. The van der Waals surface area contributed by atoms with Crippen molar-refractivity contribution in [1.29, 1.82) is 0 Å². The number of aromatic nitrogens is 2. The summed E-state index contributed by atoms with van der Waals surface area (Å²) < 4.78 is 7.46. The lowest BCUT2D eigenvalue weighted by Gasteiger charge is -2.43. The molecule has 1 amide bonds. The number of carbonyl (C=O) groups is 1. The van der Waals surface area contributed by atoms with Crippen molar-refractivity contribution >= 4 is 5.91 Å². The molecule has 1 unspecified atom stereocenters. The van der Waals surface area contributed by atoms with Crippen LogP contribution in [0, 0.1) is 0 Å². The molecule has 3 aliphatic heterocycles. The van der Waals surface area contributed by atoms with Gasteiger partial charge < -0.3 is 19.7 Å². The molecule has 4 atom stereocenters. The predicted molar refractivity (Wildman–Crippen MR) is 91.8 cm³/mol. The average molecular weight is 348 g/mol. The normalized spacial score (nSPS) is 35.2. The third-order valence-electron chi connectivity index (χ3n) is 6.03. The molecule has 1 aromatic rings. The summed E-state index contributed by atoms with van der Waals surface area (Å²) >= 11 is 0. The number of nitrogens with zero attached hydrogens (tertiary/aromatic N) is 3. The van der Waals surface area contributed by atoms with Gasteiger partial charge in [-0.2, -0.15) is 0 Å². The fourth-order valence-corrected chi connectivity index (χ4v) is 4.83. The van der Waals surface area contributed by atoms with Crippen LogP contribution in [0.25, 0.3) is 0 Å². The van der Waals surface area contributed by atoms with E-state index in [4.69, 9.17) is 4.74 Å².